The van der Waals surface area contributed by atoms with Crippen molar-refractivity contribution in [2.24, 2.45) is 0 Å². The molecule has 1 aliphatic rings. The Hall–Kier alpha value is -1.36. The van der Waals surface area contributed by atoms with Gasteiger partial charge in [-0.25, -0.2) is 9.97 Å². The molecule has 0 saturated heterocycles. The molecule has 1 aliphatic carbocycles. The molecule has 5 heteroatoms. The lowest BCUT2D eigenvalue weighted by Crippen LogP contribution is -2.14. The molecule has 1 heterocycles. The van der Waals surface area contributed by atoms with E-state index in [1.165, 1.54) is 19.3 Å². The standard InChI is InChI=1S/C15H27N5/c1-4-16-13-11-14(17-9-5-6-10-20(2)3)19-15(18-13)12-7-8-12/h11-12H,4-10H2,1-3H3,(H2,16,17,18,19). The molecule has 2 N–H and O–H groups in total. The molecule has 5 nitrogen and oxygen atoms in total. The molecule has 0 bridgehead atoms. The lowest BCUT2D eigenvalue weighted by Gasteiger charge is -2.11. The molecular weight excluding hydrogens is 250 g/mol. The first kappa shape index (κ1) is 15.0. The second-order valence-electron chi connectivity index (χ2n) is 5.74. The van der Waals surface area contributed by atoms with Gasteiger partial charge in [0.25, 0.3) is 0 Å². The van der Waals surface area contributed by atoms with Crippen molar-refractivity contribution < 1.29 is 0 Å². The highest BCUT2D eigenvalue weighted by Gasteiger charge is 2.27. The van der Waals surface area contributed by atoms with Crippen molar-refractivity contribution in [2.45, 2.75) is 38.5 Å². The first-order valence-corrected chi connectivity index (χ1v) is 7.70. The van der Waals surface area contributed by atoms with E-state index in [1.54, 1.807) is 0 Å². The molecule has 0 unspecified atom stereocenters. The predicted octanol–water partition coefficient (Wildman–Crippen LogP) is 2.54. The molecular formula is C15H27N5. The van der Waals surface area contributed by atoms with Gasteiger partial charge in [-0.05, 0) is 53.2 Å². The van der Waals surface area contributed by atoms with E-state index in [0.717, 1.165) is 43.5 Å². The van der Waals surface area contributed by atoms with Crippen LogP contribution in [-0.4, -0.2) is 48.6 Å². The van der Waals surface area contributed by atoms with Crippen molar-refractivity contribution in [3.63, 3.8) is 0 Å². The lowest BCUT2D eigenvalue weighted by atomic mass is 10.3. The minimum Gasteiger partial charge on any atom is -0.370 e. The van der Waals surface area contributed by atoms with Crippen molar-refractivity contribution in [3.8, 4) is 0 Å². The van der Waals surface area contributed by atoms with Crippen LogP contribution in [0, 0.1) is 0 Å². The summed E-state index contributed by atoms with van der Waals surface area (Å²) in [5.41, 5.74) is 0. The number of nitrogens with zero attached hydrogens (tertiary/aromatic N) is 3. The number of aromatic nitrogens is 2. The summed E-state index contributed by atoms with van der Waals surface area (Å²) >= 11 is 0. The van der Waals surface area contributed by atoms with Crippen LogP contribution in [0.3, 0.4) is 0 Å². The van der Waals surface area contributed by atoms with Crippen LogP contribution >= 0.6 is 0 Å². The SMILES string of the molecule is CCNc1cc(NCCCCN(C)C)nc(C2CC2)n1. The maximum absolute atomic E-state index is 4.64. The Labute approximate surface area is 122 Å². The third-order valence-electron chi connectivity index (χ3n) is 3.38. The Bertz CT molecular complexity index is 415. The van der Waals surface area contributed by atoms with Gasteiger partial charge in [0, 0.05) is 25.1 Å². The van der Waals surface area contributed by atoms with Crippen LogP contribution in [0.15, 0.2) is 6.07 Å². The molecule has 0 atom stereocenters. The minimum absolute atomic E-state index is 0.586. The van der Waals surface area contributed by atoms with Crippen molar-refractivity contribution in [3.05, 3.63) is 11.9 Å². The fraction of sp³-hybridized carbons (Fsp3) is 0.733. The van der Waals surface area contributed by atoms with Crippen LogP contribution in [-0.2, 0) is 0 Å². The largest absolute Gasteiger partial charge is 0.370 e. The van der Waals surface area contributed by atoms with Gasteiger partial charge in [-0.3, -0.25) is 0 Å². The van der Waals surface area contributed by atoms with E-state index in [9.17, 15) is 0 Å². The van der Waals surface area contributed by atoms with Crippen LogP contribution in [0.4, 0.5) is 11.6 Å². The van der Waals surface area contributed by atoms with Gasteiger partial charge < -0.3 is 15.5 Å². The first-order valence-electron chi connectivity index (χ1n) is 7.70. The van der Waals surface area contributed by atoms with Crippen LogP contribution in [0.5, 0.6) is 0 Å². The Morgan fingerprint density at radius 2 is 1.85 bits per heavy atom. The van der Waals surface area contributed by atoms with Crippen molar-refractivity contribution in [1.29, 1.82) is 0 Å². The van der Waals surface area contributed by atoms with E-state index in [2.05, 4.69) is 46.5 Å². The fourth-order valence-electron chi connectivity index (χ4n) is 2.12. The zero-order valence-corrected chi connectivity index (χ0v) is 12.9. The van der Waals surface area contributed by atoms with Gasteiger partial charge in [0.2, 0.25) is 0 Å². The maximum atomic E-state index is 4.64. The summed E-state index contributed by atoms with van der Waals surface area (Å²) in [4.78, 5) is 11.4. The number of rotatable bonds is 9. The molecule has 0 aliphatic heterocycles. The molecule has 1 aromatic heterocycles. The zero-order valence-electron chi connectivity index (χ0n) is 12.9. The highest BCUT2D eigenvalue weighted by Crippen LogP contribution is 2.38. The van der Waals surface area contributed by atoms with Crippen LogP contribution in [0.25, 0.3) is 0 Å². The summed E-state index contributed by atoms with van der Waals surface area (Å²) in [6.45, 7) is 5.10. The van der Waals surface area contributed by atoms with Crippen LogP contribution < -0.4 is 10.6 Å². The molecule has 0 radical (unpaired) electrons. The van der Waals surface area contributed by atoms with Gasteiger partial charge in [0.15, 0.2) is 0 Å². The van der Waals surface area contributed by atoms with Crippen LogP contribution in [0.2, 0.25) is 0 Å². The highest BCUT2D eigenvalue weighted by molar-refractivity contribution is 5.48. The summed E-state index contributed by atoms with van der Waals surface area (Å²) in [7, 11) is 4.23. The summed E-state index contributed by atoms with van der Waals surface area (Å²) in [5.74, 6) is 3.49. The number of anilines is 2. The lowest BCUT2D eigenvalue weighted by molar-refractivity contribution is 0.396. The van der Waals surface area contributed by atoms with Gasteiger partial charge in [-0.15, -0.1) is 0 Å². The highest BCUT2D eigenvalue weighted by atomic mass is 15.1. The number of hydrogen-bond acceptors (Lipinski definition) is 5. The third-order valence-corrected chi connectivity index (χ3v) is 3.38. The Kier molecular flexibility index (Phi) is 5.59. The molecule has 2 rings (SSSR count). The van der Waals surface area contributed by atoms with E-state index >= 15 is 0 Å². The molecule has 20 heavy (non-hydrogen) atoms. The monoisotopic (exact) mass is 277 g/mol. The summed E-state index contributed by atoms with van der Waals surface area (Å²) < 4.78 is 0. The van der Waals surface area contributed by atoms with Gasteiger partial charge >= 0.3 is 0 Å². The summed E-state index contributed by atoms with van der Waals surface area (Å²) in [5, 5.41) is 6.72. The molecule has 0 aromatic carbocycles. The summed E-state index contributed by atoms with van der Waals surface area (Å²) in [6, 6.07) is 2.02. The molecule has 0 spiro atoms. The molecule has 112 valence electrons. The number of hydrogen-bond donors (Lipinski definition) is 2. The maximum Gasteiger partial charge on any atom is 0.136 e. The average molecular weight is 277 g/mol. The normalized spacial score (nSPS) is 14.6. The van der Waals surface area contributed by atoms with E-state index in [1.807, 2.05) is 6.07 Å². The van der Waals surface area contributed by atoms with Crippen molar-refractivity contribution in [2.75, 3.05) is 44.4 Å². The predicted molar refractivity (Wildman–Crippen MR) is 84.4 cm³/mol. The van der Waals surface area contributed by atoms with Gasteiger partial charge in [-0.2, -0.15) is 0 Å². The van der Waals surface area contributed by atoms with Gasteiger partial charge in [-0.1, -0.05) is 0 Å². The average Bonchev–Trinajstić information content (AvgIpc) is 3.22. The van der Waals surface area contributed by atoms with Crippen molar-refractivity contribution >= 4 is 11.6 Å². The van der Waals surface area contributed by atoms with Gasteiger partial charge in [0.1, 0.15) is 17.5 Å². The second-order valence-corrected chi connectivity index (χ2v) is 5.74. The Morgan fingerprint density at radius 1 is 1.15 bits per heavy atom. The van der Waals surface area contributed by atoms with E-state index in [-0.39, 0.29) is 0 Å². The summed E-state index contributed by atoms with van der Waals surface area (Å²) in [6.07, 6.45) is 4.84. The van der Waals surface area contributed by atoms with Crippen LogP contribution in [0.1, 0.15) is 44.3 Å². The topological polar surface area (TPSA) is 53.1 Å². The molecule has 1 aromatic rings. The Balaban J connectivity index is 1.85. The quantitative estimate of drug-likeness (QED) is 0.679. The van der Waals surface area contributed by atoms with Gasteiger partial charge in [0.05, 0.1) is 0 Å². The molecule has 0 amide bonds. The fourth-order valence-corrected chi connectivity index (χ4v) is 2.12. The van der Waals surface area contributed by atoms with Crippen molar-refractivity contribution in [1.82, 2.24) is 14.9 Å². The van der Waals surface area contributed by atoms with E-state index < -0.39 is 0 Å². The minimum atomic E-state index is 0.586. The zero-order chi connectivity index (χ0) is 14.4. The van der Waals surface area contributed by atoms with E-state index in [0.29, 0.717) is 5.92 Å². The Morgan fingerprint density at radius 3 is 2.45 bits per heavy atom. The number of unbranched alkanes of at least 4 members (excludes halogenated alkanes) is 1. The molecule has 1 fully saturated rings. The first-order chi connectivity index (χ1) is 9.69. The molecule has 1 saturated carbocycles. The second kappa shape index (κ2) is 7.43. The number of nitrogens with one attached hydrogen (secondary N) is 2. The smallest absolute Gasteiger partial charge is 0.136 e. The third kappa shape index (κ3) is 4.96. The van der Waals surface area contributed by atoms with E-state index in [4.69, 9.17) is 0 Å².